The fraction of sp³-hybridized carbons (Fsp3) is 0.586. The molecule has 35 heavy (non-hydrogen) atoms. The van der Waals surface area contributed by atoms with Gasteiger partial charge in [0, 0.05) is 17.4 Å². The van der Waals surface area contributed by atoms with E-state index in [-0.39, 0.29) is 24.3 Å². The molecule has 1 aromatic carbocycles. The zero-order valence-electron chi connectivity index (χ0n) is 21.8. The average molecular weight is 484 g/mol. The Bertz CT molecular complexity index is 1000. The van der Waals surface area contributed by atoms with Gasteiger partial charge in [-0.3, -0.25) is 4.79 Å². The maximum absolute atomic E-state index is 11.9. The number of hydrogen-bond donors (Lipinski definition) is 1. The number of carbonyl (C=O) groups excluding carboxylic acids is 1. The van der Waals surface area contributed by atoms with Crippen LogP contribution in [0.4, 0.5) is 0 Å². The number of nitrogens with zero attached hydrogens (tertiary/aromatic N) is 1. The number of carbonyl (C=O) groups is 1. The first-order valence-electron chi connectivity index (χ1n) is 13.0. The van der Waals surface area contributed by atoms with E-state index in [4.69, 9.17) is 19.2 Å². The Balaban J connectivity index is 1.77. The fourth-order valence-corrected chi connectivity index (χ4v) is 4.50. The van der Waals surface area contributed by atoms with E-state index in [2.05, 4.69) is 6.92 Å². The van der Waals surface area contributed by atoms with Crippen molar-refractivity contribution in [1.29, 1.82) is 0 Å². The molecule has 1 aliphatic rings. The van der Waals surface area contributed by atoms with Crippen molar-refractivity contribution in [2.45, 2.75) is 110 Å². The number of esters is 1. The van der Waals surface area contributed by atoms with Crippen LogP contribution in [0.1, 0.15) is 96.9 Å². The Morgan fingerprint density at radius 1 is 1.20 bits per heavy atom. The second kappa shape index (κ2) is 12.6. The summed E-state index contributed by atoms with van der Waals surface area (Å²) in [5.41, 5.74) is 2.48. The van der Waals surface area contributed by atoms with Gasteiger partial charge in [-0.2, -0.15) is 0 Å². The quantitative estimate of drug-likeness (QED) is 0.274. The van der Waals surface area contributed by atoms with Crippen LogP contribution in [0.25, 0.3) is 17.0 Å². The normalized spacial score (nSPS) is 20.7. The zero-order chi connectivity index (χ0) is 25.4. The van der Waals surface area contributed by atoms with E-state index in [9.17, 15) is 9.90 Å². The number of unbranched alkanes of at least 4 members (excludes halogenated alkanes) is 2. The van der Waals surface area contributed by atoms with E-state index in [1.807, 2.05) is 70.2 Å². The molecule has 192 valence electrons. The van der Waals surface area contributed by atoms with Gasteiger partial charge in [-0.15, -0.1) is 0 Å². The van der Waals surface area contributed by atoms with Gasteiger partial charge in [-0.1, -0.05) is 50.5 Å². The molecule has 0 bridgehead atoms. The van der Waals surface area contributed by atoms with Crippen LogP contribution in [0.3, 0.4) is 0 Å². The van der Waals surface area contributed by atoms with E-state index in [1.165, 1.54) is 0 Å². The van der Waals surface area contributed by atoms with E-state index in [1.54, 1.807) is 0 Å². The van der Waals surface area contributed by atoms with Crippen molar-refractivity contribution in [3.63, 3.8) is 0 Å². The molecule has 0 aliphatic carbocycles. The highest BCUT2D eigenvalue weighted by Gasteiger charge is 2.39. The molecular weight excluding hydrogens is 442 g/mol. The Morgan fingerprint density at radius 3 is 2.71 bits per heavy atom. The predicted octanol–water partition coefficient (Wildman–Crippen LogP) is 6.50. The molecule has 0 spiro atoms. The zero-order valence-corrected chi connectivity index (χ0v) is 21.8. The van der Waals surface area contributed by atoms with Crippen LogP contribution in [-0.2, 0) is 19.0 Å². The number of ether oxygens (including phenoxy) is 3. The van der Waals surface area contributed by atoms with E-state index in [0.717, 1.165) is 41.4 Å². The van der Waals surface area contributed by atoms with Gasteiger partial charge in [0.2, 0.25) is 0 Å². The van der Waals surface area contributed by atoms with E-state index >= 15 is 0 Å². The summed E-state index contributed by atoms with van der Waals surface area (Å²) in [5.74, 6) is -0.899. The molecule has 1 N–H and O–H groups in total. The number of aliphatic hydroxyl groups is 1. The average Bonchev–Trinajstić information content (AvgIpc) is 3.09. The maximum atomic E-state index is 11.9. The molecule has 6 heteroatoms. The minimum Gasteiger partial charge on any atom is -0.463 e. The van der Waals surface area contributed by atoms with Gasteiger partial charge < -0.3 is 19.3 Å². The molecule has 0 saturated carbocycles. The van der Waals surface area contributed by atoms with Crippen LogP contribution in [0.15, 0.2) is 36.4 Å². The van der Waals surface area contributed by atoms with Gasteiger partial charge in [0.1, 0.15) is 6.10 Å². The molecule has 0 unspecified atom stereocenters. The first kappa shape index (κ1) is 27.3. The summed E-state index contributed by atoms with van der Waals surface area (Å²) in [6.07, 6.45) is 8.39. The third-order valence-electron chi connectivity index (χ3n) is 6.13. The summed E-state index contributed by atoms with van der Waals surface area (Å²) < 4.78 is 17.5. The second-order valence-electron chi connectivity index (χ2n) is 10.1. The molecule has 1 fully saturated rings. The molecule has 6 nitrogen and oxygen atoms in total. The monoisotopic (exact) mass is 483 g/mol. The molecule has 1 saturated heterocycles. The number of aliphatic hydroxyl groups excluding tert-OH is 1. The highest BCUT2D eigenvalue weighted by atomic mass is 16.7. The van der Waals surface area contributed by atoms with Gasteiger partial charge >= 0.3 is 5.97 Å². The van der Waals surface area contributed by atoms with Crippen LogP contribution in [-0.4, -0.2) is 40.2 Å². The Kier molecular flexibility index (Phi) is 9.84. The molecule has 2 aromatic rings. The number of benzene rings is 1. The van der Waals surface area contributed by atoms with Crippen molar-refractivity contribution in [2.75, 3.05) is 0 Å². The van der Waals surface area contributed by atoms with Gasteiger partial charge in [0.25, 0.3) is 0 Å². The Morgan fingerprint density at radius 2 is 1.97 bits per heavy atom. The summed E-state index contributed by atoms with van der Waals surface area (Å²) in [6, 6.07) is 10.0. The lowest BCUT2D eigenvalue weighted by atomic mass is 9.98. The lowest BCUT2D eigenvalue weighted by Gasteiger charge is -2.16. The smallest absolute Gasteiger partial charge is 0.306 e. The number of pyridine rings is 1. The van der Waals surface area contributed by atoms with E-state index in [0.29, 0.717) is 25.7 Å². The summed E-state index contributed by atoms with van der Waals surface area (Å²) in [4.78, 5) is 16.8. The molecule has 1 aromatic heterocycles. The van der Waals surface area contributed by atoms with Crippen molar-refractivity contribution in [1.82, 2.24) is 4.98 Å². The minimum atomic E-state index is -0.711. The maximum Gasteiger partial charge on any atom is 0.306 e. The van der Waals surface area contributed by atoms with Gasteiger partial charge in [-0.25, -0.2) is 4.98 Å². The molecule has 0 amide bonds. The lowest BCUT2D eigenvalue weighted by molar-refractivity contribution is -0.148. The molecule has 1 aliphatic heterocycles. The number of para-hydroxylation sites is 1. The summed E-state index contributed by atoms with van der Waals surface area (Å²) >= 11 is 0. The molecule has 3 atom stereocenters. The summed E-state index contributed by atoms with van der Waals surface area (Å²) in [5, 5.41) is 12.0. The fourth-order valence-electron chi connectivity index (χ4n) is 4.50. The molecule has 2 heterocycles. The van der Waals surface area contributed by atoms with Crippen LogP contribution >= 0.6 is 0 Å². The third kappa shape index (κ3) is 8.13. The largest absolute Gasteiger partial charge is 0.463 e. The number of fused-ring (bicyclic) bond motifs is 1. The predicted molar refractivity (Wildman–Crippen MR) is 139 cm³/mol. The van der Waals surface area contributed by atoms with Crippen LogP contribution in [0.2, 0.25) is 0 Å². The summed E-state index contributed by atoms with van der Waals surface area (Å²) in [6.45, 7) is 9.67. The first-order valence-corrected chi connectivity index (χ1v) is 13.0. The van der Waals surface area contributed by atoms with Crippen molar-refractivity contribution >= 4 is 22.9 Å². The van der Waals surface area contributed by atoms with Crippen LogP contribution in [0, 0.1) is 0 Å². The highest BCUT2D eigenvalue weighted by Crippen LogP contribution is 2.33. The molecule has 0 radical (unpaired) electrons. The van der Waals surface area contributed by atoms with Crippen molar-refractivity contribution in [3.8, 4) is 0 Å². The molecule has 3 rings (SSSR count). The number of aromatic nitrogens is 1. The second-order valence-corrected chi connectivity index (χ2v) is 10.1. The van der Waals surface area contributed by atoms with Gasteiger partial charge in [0.05, 0.1) is 29.5 Å². The van der Waals surface area contributed by atoms with E-state index < -0.39 is 11.9 Å². The summed E-state index contributed by atoms with van der Waals surface area (Å²) in [7, 11) is 0. The van der Waals surface area contributed by atoms with Gasteiger partial charge in [0.15, 0.2) is 5.79 Å². The topological polar surface area (TPSA) is 77.9 Å². The standard InChI is InChI=1S/C29H41NO5/c1-6-7-8-14-25(31)22-19-21-12-9-10-13-23(21)30-24(22)17-18-27-26(34-29(4,5)35-27)15-11-16-28(32)33-20(2)3/h9-10,12-13,17-20,25-27,31H,6-8,11,14-16H2,1-5H3/b18-17+/t25-,26+,27-/m1/s1. The van der Waals surface area contributed by atoms with Crippen molar-refractivity contribution in [2.24, 2.45) is 0 Å². The van der Waals surface area contributed by atoms with Crippen LogP contribution in [0.5, 0.6) is 0 Å². The Hall–Kier alpha value is -2.28. The highest BCUT2D eigenvalue weighted by molar-refractivity contribution is 5.81. The number of hydrogen-bond acceptors (Lipinski definition) is 6. The molecular formula is C29H41NO5. The van der Waals surface area contributed by atoms with Crippen molar-refractivity contribution in [3.05, 3.63) is 47.7 Å². The number of rotatable bonds is 12. The van der Waals surface area contributed by atoms with Gasteiger partial charge in [-0.05, 0) is 65.2 Å². The van der Waals surface area contributed by atoms with Crippen LogP contribution < -0.4 is 0 Å². The lowest BCUT2D eigenvalue weighted by Crippen LogP contribution is -2.22. The van der Waals surface area contributed by atoms with Crippen molar-refractivity contribution < 1.29 is 24.1 Å². The third-order valence-corrected chi connectivity index (χ3v) is 6.13. The Labute approximate surface area is 209 Å². The SMILES string of the molecule is CCCCC[C@@H](O)c1cc2ccccc2nc1/C=C/[C@H]1OC(C)(C)O[C@H]1CCCC(=O)OC(C)C. The first-order chi connectivity index (χ1) is 16.7. The minimum absolute atomic E-state index is 0.107.